The zero-order valence-electron chi connectivity index (χ0n) is 13.8. The van der Waals surface area contributed by atoms with E-state index in [9.17, 15) is 4.39 Å². The first-order chi connectivity index (χ1) is 12.6. The lowest BCUT2D eigenvalue weighted by molar-refractivity contribution is 0.176. The Balaban J connectivity index is 1.51. The Morgan fingerprint density at radius 3 is 2.81 bits per heavy atom. The molecular weight excluding hydrogens is 355 g/mol. The number of hydrogen-bond donors (Lipinski definition) is 1. The number of ether oxygens (including phenoxy) is 2. The number of nitrogens with two attached hydrogens (primary N) is 1. The Hall–Kier alpha value is -2.79. The first-order valence-corrected chi connectivity index (χ1v) is 8.60. The quantitative estimate of drug-likeness (QED) is 0.678. The Bertz CT molecular complexity index is 947. The summed E-state index contributed by atoms with van der Waals surface area (Å²) in [7, 11) is 0. The fourth-order valence-electron chi connectivity index (χ4n) is 2.95. The number of hydrogen-bond acceptors (Lipinski definition) is 4. The van der Waals surface area contributed by atoms with Gasteiger partial charge in [-0.15, -0.1) is 0 Å². The molecule has 0 spiro atoms. The van der Waals surface area contributed by atoms with Crippen molar-refractivity contribution >= 4 is 17.3 Å². The van der Waals surface area contributed by atoms with Crippen LogP contribution in [0.15, 0.2) is 54.7 Å². The van der Waals surface area contributed by atoms with Crippen molar-refractivity contribution in [2.24, 2.45) is 0 Å². The molecule has 132 valence electrons. The zero-order valence-corrected chi connectivity index (χ0v) is 14.5. The number of anilines is 1. The molecule has 2 aromatic carbocycles. The third-order valence-electron chi connectivity index (χ3n) is 4.27. The Morgan fingerprint density at radius 2 is 2.04 bits per heavy atom. The molecule has 0 bridgehead atoms. The van der Waals surface area contributed by atoms with E-state index in [1.165, 1.54) is 6.07 Å². The Morgan fingerprint density at radius 1 is 1.15 bits per heavy atom. The number of halogens is 2. The van der Waals surface area contributed by atoms with Crippen LogP contribution in [-0.4, -0.2) is 4.98 Å². The fourth-order valence-corrected chi connectivity index (χ4v) is 3.14. The standard InChI is InChI=1S/C20H16ClFN2O2/c21-16-10-13(1-5-17(16)22)18-6-2-12-9-15(4-7-19(12)26-18)25-20-8-3-14(23)11-24-20/h1,3-5,7-11,18H,2,6,23H2. The third kappa shape index (κ3) is 3.44. The highest BCUT2D eigenvalue weighted by Crippen LogP contribution is 2.38. The van der Waals surface area contributed by atoms with Crippen LogP contribution in [0.1, 0.15) is 23.7 Å². The molecule has 0 fully saturated rings. The van der Waals surface area contributed by atoms with Gasteiger partial charge >= 0.3 is 0 Å². The maximum atomic E-state index is 13.4. The minimum absolute atomic E-state index is 0.108. The predicted octanol–water partition coefficient (Wildman–Crippen LogP) is 5.31. The summed E-state index contributed by atoms with van der Waals surface area (Å²) in [5, 5.41) is 0.108. The van der Waals surface area contributed by atoms with Crippen molar-refractivity contribution in [1.82, 2.24) is 4.98 Å². The molecule has 2 heterocycles. The SMILES string of the molecule is Nc1ccc(Oc2ccc3c(c2)CCC(c2ccc(F)c(Cl)c2)O3)nc1. The van der Waals surface area contributed by atoms with Gasteiger partial charge in [-0.05, 0) is 60.4 Å². The smallest absolute Gasteiger partial charge is 0.219 e. The molecule has 0 aliphatic carbocycles. The first-order valence-electron chi connectivity index (χ1n) is 8.22. The summed E-state index contributed by atoms with van der Waals surface area (Å²) in [5.74, 6) is 1.53. The van der Waals surface area contributed by atoms with Crippen LogP contribution in [0.3, 0.4) is 0 Å². The van der Waals surface area contributed by atoms with E-state index in [4.69, 9.17) is 26.8 Å². The highest BCUT2D eigenvalue weighted by molar-refractivity contribution is 6.30. The highest BCUT2D eigenvalue weighted by Gasteiger charge is 2.22. The Kier molecular flexibility index (Phi) is 4.39. The molecule has 1 unspecified atom stereocenters. The van der Waals surface area contributed by atoms with Gasteiger partial charge in [0.2, 0.25) is 5.88 Å². The van der Waals surface area contributed by atoms with E-state index < -0.39 is 5.82 Å². The van der Waals surface area contributed by atoms with E-state index in [1.54, 1.807) is 30.5 Å². The molecule has 6 heteroatoms. The van der Waals surface area contributed by atoms with Crippen molar-refractivity contribution in [3.63, 3.8) is 0 Å². The minimum atomic E-state index is -0.426. The van der Waals surface area contributed by atoms with Gasteiger partial charge in [0.1, 0.15) is 23.4 Å². The lowest BCUT2D eigenvalue weighted by atomic mass is 9.97. The van der Waals surface area contributed by atoms with Gasteiger partial charge in [-0.2, -0.15) is 0 Å². The fraction of sp³-hybridized carbons (Fsp3) is 0.150. The monoisotopic (exact) mass is 370 g/mol. The van der Waals surface area contributed by atoms with E-state index in [1.807, 2.05) is 18.2 Å². The number of pyridine rings is 1. The zero-order chi connectivity index (χ0) is 18.1. The van der Waals surface area contributed by atoms with E-state index in [2.05, 4.69) is 4.98 Å². The van der Waals surface area contributed by atoms with Crippen molar-refractivity contribution in [3.8, 4) is 17.4 Å². The molecule has 2 N–H and O–H groups in total. The number of rotatable bonds is 3. The number of fused-ring (bicyclic) bond motifs is 1. The second-order valence-electron chi connectivity index (χ2n) is 6.12. The average molecular weight is 371 g/mol. The molecule has 26 heavy (non-hydrogen) atoms. The maximum absolute atomic E-state index is 13.4. The van der Waals surface area contributed by atoms with E-state index in [0.29, 0.717) is 17.3 Å². The molecular formula is C20H16ClFN2O2. The summed E-state index contributed by atoms with van der Waals surface area (Å²) in [4.78, 5) is 4.13. The van der Waals surface area contributed by atoms with Gasteiger partial charge in [-0.3, -0.25) is 0 Å². The average Bonchev–Trinajstić information content (AvgIpc) is 2.65. The van der Waals surface area contributed by atoms with E-state index in [-0.39, 0.29) is 11.1 Å². The van der Waals surface area contributed by atoms with Crippen LogP contribution in [0.4, 0.5) is 10.1 Å². The number of aromatic nitrogens is 1. The molecule has 3 aromatic rings. The maximum Gasteiger partial charge on any atom is 0.219 e. The molecule has 1 aliphatic rings. The molecule has 4 nitrogen and oxygen atoms in total. The molecule has 1 aliphatic heterocycles. The third-order valence-corrected chi connectivity index (χ3v) is 4.56. The molecule has 0 saturated carbocycles. The number of aryl methyl sites for hydroxylation is 1. The second kappa shape index (κ2) is 6.84. The largest absolute Gasteiger partial charge is 0.485 e. The van der Waals surface area contributed by atoms with Gasteiger partial charge in [-0.1, -0.05) is 17.7 Å². The topological polar surface area (TPSA) is 57.4 Å². The van der Waals surface area contributed by atoms with Crippen LogP contribution in [0.5, 0.6) is 17.4 Å². The summed E-state index contributed by atoms with van der Waals surface area (Å²) in [6.07, 6.45) is 3.00. The summed E-state index contributed by atoms with van der Waals surface area (Å²) >= 11 is 5.88. The molecule has 4 rings (SSSR count). The number of nitrogen functional groups attached to an aromatic ring is 1. The highest BCUT2D eigenvalue weighted by atomic mass is 35.5. The van der Waals surface area contributed by atoms with Gasteiger partial charge in [-0.25, -0.2) is 9.37 Å². The lowest BCUT2D eigenvalue weighted by Crippen LogP contribution is -2.15. The minimum Gasteiger partial charge on any atom is -0.485 e. The van der Waals surface area contributed by atoms with E-state index >= 15 is 0 Å². The van der Waals surface area contributed by atoms with Crippen molar-refractivity contribution in [2.75, 3.05) is 5.73 Å². The second-order valence-corrected chi connectivity index (χ2v) is 6.53. The Labute approximate surface area is 155 Å². The van der Waals surface area contributed by atoms with E-state index in [0.717, 1.165) is 29.7 Å². The number of benzene rings is 2. The van der Waals surface area contributed by atoms with Gasteiger partial charge < -0.3 is 15.2 Å². The van der Waals surface area contributed by atoms with Crippen LogP contribution in [0, 0.1) is 5.82 Å². The van der Waals surface area contributed by atoms with Crippen molar-refractivity contribution in [1.29, 1.82) is 0 Å². The summed E-state index contributed by atoms with van der Waals surface area (Å²) in [6, 6.07) is 13.8. The van der Waals surface area contributed by atoms with Crippen LogP contribution in [0.25, 0.3) is 0 Å². The molecule has 1 atom stereocenters. The van der Waals surface area contributed by atoms with Crippen molar-refractivity contribution in [2.45, 2.75) is 18.9 Å². The lowest BCUT2D eigenvalue weighted by Gasteiger charge is -2.27. The molecule has 0 saturated heterocycles. The first kappa shape index (κ1) is 16.7. The van der Waals surface area contributed by atoms with Crippen LogP contribution < -0.4 is 15.2 Å². The van der Waals surface area contributed by atoms with Crippen LogP contribution in [-0.2, 0) is 6.42 Å². The van der Waals surface area contributed by atoms with Crippen LogP contribution >= 0.6 is 11.6 Å². The molecule has 1 aromatic heterocycles. The van der Waals surface area contributed by atoms with Gasteiger partial charge in [0, 0.05) is 6.07 Å². The van der Waals surface area contributed by atoms with Gasteiger partial charge in [0.15, 0.2) is 0 Å². The summed E-state index contributed by atoms with van der Waals surface area (Å²) in [5.41, 5.74) is 8.14. The van der Waals surface area contributed by atoms with Crippen LogP contribution in [0.2, 0.25) is 5.02 Å². The van der Waals surface area contributed by atoms with Gasteiger partial charge in [0.05, 0.1) is 16.9 Å². The van der Waals surface area contributed by atoms with Crippen molar-refractivity contribution in [3.05, 3.63) is 76.7 Å². The van der Waals surface area contributed by atoms with Crippen molar-refractivity contribution < 1.29 is 13.9 Å². The van der Waals surface area contributed by atoms with Gasteiger partial charge in [0.25, 0.3) is 0 Å². The number of nitrogens with zero attached hydrogens (tertiary/aromatic N) is 1. The molecule has 0 amide bonds. The normalized spacial score (nSPS) is 15.8. The summed E-state index contributed by atoms with van der Waals surface area (Å²) in [6.45, 7) is 0. The predicted molar refractivity (Wildman–Crippen MR) is 98.3 cm³/mol. The molecule has 0 radical (unpaired) electrons. The summed E-state index contributed by atoms with van der Waals surface area (Å²) < 4.78 is 25.2.